The van der Waals surface area contributed by atoms with Gasteiger partial charge in [0.1, 0.15) is 5.60 Å². The van der Waals surface area contributed by atoms with E-state index < -0.39 is 0 Å². The van der Waals surface area contributed by atoms with Gasteiger partial charge in [-0.2, -0.15) is 19.3 Å². The van der Waals surface area contributed by atoms with Gasteiger partial charge in [0.2, 0.25) is 0 Å². The summed E-state index contributed by atoms with van der Waals surface area (Å²) in [4.78, 5) is 12.0. The molecule has 3 unspecified atom stereocenters. The average molecular weight is 446 g/mol. The maximum atomic E-state index is 6.08. The van der Waals surface area contributed by atoms with E-state index in [0.717, 1.165) is 0 Å². The van der Waals surface area contributed by atoms with Crippen molar-refractivity contribution in [2.45, 2.75) is 91.8 Å². The smallest absolute Gasteiger partial charge is 0.158 e. The Balaban J connectivity index is 0.000000634. The SMILES string of the molecule is C.CC.CCC12C[C-]3CC(C1)C1(OOC1(C)c1cccc(C)c1)C(C3)C2.[Y]. The van der Waals surface area contributed by atoms with Crippen LogP contribution in [0, 0.1) is 30.1 Å². The van der Waals surface area contributed by atoms with E-state index >= 15 is 0 Å². The van der Waals surface area contributed by atoms with E-state index in [1.807, 2.05) is 19.8 Å². The van der Waals surface area contributed by atoms with Gasteiger partial charge in [-0.25, -0.2) is 9.78 Å². The van der Waals surface area contributed by atoms with Crippen LogP contribution in [0.15, 0.2) is 24.3 Å². The van der Waals surface area contributed by atoms with Gasteiger partial charge in [-0.3, -0.25) is 0 Å². The molecule has 5 aliphatic rings. The molecule has 1 aromatic carbocycles. The molecule has 4 bridgehead atoms. The van der Waals surface area contributed by atoms with Crippen LogP contribution in [0.1, 0.15) is 84.8 Å². The molecule has 1 aliphatic heterocycles. The normalized spacial score (nSPS) is 41.1. The molecule has 149 valence electrons. The number of hydrogen-bond acceptors (Lipinski definition) is 2. The van der Waals surface area contributed by atoms with Crippen LogP contribution in [0.25, 0.3) is 0 Å². The summed E-state index contributed by atoms with van der Waals surface area (Å²) in [6, 6.07) is 8.84. The second-order valence-electron chi connectivity index (χ2n) is 8.85. The molecule has 3 heteroatoms. The molecule has 0 aromatic heterocycles. The Morgan fingerprint density at radius 3 is 2.22 bits per heavy atom. The van der Waals surface area contributed by atoms with Gasteiger partial charge >= 0.3 is 0 Å². The summed E-state index contributed by atoms with van der Waals surface area (Å²) in [5.41, 5.74) is 2.80. The molecular formula is C24H37O2Y-. The number of aryl methyl sites for hydroxylation is 1. The number of benzene rings is 1. The Morgan fingerprint density at radius 2 is 1.74 bits per heavy atom. The molecule has 27 heavy (non-hydrogen) atoms. The molecule has 1 aromatic rings. The summed E-state index contributed by atoms with van der Waals surface area (Å²) in [6.07, 6.45) is 7.89. The predicted molar refractivity (Wildman–Crippen MR) is 108 cm³/mol. The second-order valence-corrected chi connectivity index (χ2v) is 8.85. The van der Waals surface area contributed by atoms with Gasteiger partial charge < -0.3 is 5.92 Å². The van der Waals surface area contributed by atoms with E-state index in [1.54, 1.807) is 0 Å². The van der Waals surface area contributed by atoms with E-state index in [4.69, 9.17) is 9.78 Å². The molecule has 1 heterocycles. The van der Waals surface area contributed by atoms with Gasteiger partial charge in [0.15, 0.2) is 5.60 Å². The van der Waals surface area contributed by atoms with Crippen LogP contribution in [0.4, 0.5) is 0 Å². The molecule has 1 saturated heterocycles. The molecule has 0 amide bonds. The Hall–Kier alpha value is 0.244. The molecule has 4 aliphatic carbocycles. The van der Waals surface area contributed by atoms with Crippen molar-refractivity contribution >= 4 is 0 Å². The summed E-state index contributed by atoms with van der Waals surface area (Å²) >= 11 is 0. The van der Waals surface area contributed by atoms with Gasteiger partial charge in [0.05, 0.1) is 0 Å². The van der Waals surface area contributed by atoms with Crippen LogP contribution in [-0.2, 0) is 48.1 Å². The molecule has 2 nitrogen and oxygen atoms in total. The van der Waals surface area contributed by atoms with Crippen molar-refractivity contribution in [1.29, 1.82) is 0 Å². The Kier molecular flexibility index (Phi) is 7.12. The molecule has 6 rings (SSSR count). The van der Waals surface area contributed by atoms with Gasteiger partial charge in [-0.15, -0.1) is 0 Å². The average Bonchev–Trinajstić information content (AvgIpc) is 2.61. The zero-order chi connectivity index (χ0) is 17.9. The third-order valence-electron chi connectivity index (χ3n) is 7.68. The van der Waals surface area contributed by atoms with E-state index in [-0.39, 0.29) is 51.3 Å². The Morgan fingerprint density at radius 1 is 1.11 bits per heavy atom. The van der Waals surface area contributed by atoms with Gasteiger partial charge in [-0.1, -0.05) is 69.9 Å². The summed E-state index contributed by atoms with van der Waals surface area (Å²) in [6.45, 7) is 10.8. The number of rotatable bonds is 2. The molecule has 0 N–H and O–H groups in total. The van der Waals surface area contributed by atoms with Gasteiger partial charge in [0.25, 0.3) is 0 Å². The van der Waals surface area contributed by atoms with E-state index in [1.165, 1.54) is 49.7 Å². The van der Waals surface area contributed by atoms with Gasteiger partial charge in [-0.05, 0) is 44.1 Å². The van der Waals surface area contributed by atoms with Crippen LogP contribution < -0.4 is 0 Å². The Bertz CT molecular complexity index is 642. The fourth-order valence-electron chi connectivity index (χ4n) is 6.62. The summed E-state index contributed by atoms with van der Waals surface area (Å²) < 4.78 is 0. The molecule has 3 atom stereocenters. The van der Waals surface area contributed by atoms with E-state index in [0.29, 0.717) is 17.3 Å². The van der Waals surface area contributed by atoms with Crippen molar-refractivity contribution in [2.75, 3.05) is 0 Å². The zero-order valence-electron chi connectivity index (χ0n) is 17.1. The standard InChI is InChI=1S/C21H27O2.C2H6.CH4.Y/c1-4-20-11-15-9-17(12-20)21(18(10-15)13-20)19(3,22-23-21)16-7-5-6-14(2)8-16;1-2;;/h5-8,17-18H,4,9-13H2,1-3H3;1-2H3;1H4;/q-1;;;. The van der Waals surface area contributed by atoms with Crippen molar-refractivity contribution in [3.8, 4) is 0 Å². The fraction of sp³-hybridized carbons (Fsp3) is 0.708. The second kappa shape index (κ2) is 8.17. The van der Waals surface area contributed by atoms with Crippen LogP contribution in [0.5, 0.6) is 0 Å². The minimum Gasteiger partial charge on any atom is -0.312 e. The maximum absolute atomic E-state index is 6.08. The summed E-state index contributed by atoms with van der Waals surface area (Å²) in [5, 5.41) is 0. The third kappa shape index (κ3) is 3.13. The Labute approximate surface area is 192 Å². The summed E-state index contributed by atoms with van der Waals surface area (Å²) in [7, 11) is 0. The predicted octanol–water partition coefficient (Wildman–Crippen LogP) is 6.77. The van der Waals surface area contributed by atoms with E-state index in [9.17, 15) is 0 Å². The molecule has 4 saturated carbocycles. The van der Waals surface area contributed by atoms with Crippen molar-refractivity contribution in [1.82, 2.24) is 0 Å². The first-order valence-corrected chi connectivity index (χ1v) is 10.3. The first kappa shape index (κ1) is 23.5. The van der Waals surface area contributed by atoms with Crippen LogP contribution in [0.2, 0.25) is 0 Å². The fourth-order valence-corrected chi connectivity index (χ4v) is 6.62. The molecular weight excluding hydrogens is 409 g/mol. The molecule has 5 fully saturated rings. The molecule has 1 radical (unpaired) electrons. The van der Waals surface area contributed by atoms with Crippen molar-refractivity contribution in [2.24, 2.45) is 17.3 Å². The van der Waals surface area contributed by atoms with Crippen molar-refractivity contribution in [3.63, 3.8) is 0 Å². The van der Waals surface area contributed by atoms with Crippen LogP contribution in [0.3, 0.4) is 0 Å². The summed E-state index contributed by atoms with van der Waals surface area (Å²) in [5.74, 6) is 3.09. The zero-order valence-corrected chi connectivity index (χ0v) is 19.9. The molecule has 1 spiro atoms. The first-order valence-electron chi connectivity index (χ1n) is 10.3. The quantitative estimate of drug-likeness (QED) is 0.369. The first-order chi connectivity index (χ1) is 12.0. The van der Waals surface area contributed by atoms with Gasteiger partial charge in [0, 0.05) is 32.7 Å². The van der Waals surface area contributed by atoms with Crippen molar-refractivity contribution in [3.05, 3.63) is 41.3 Å². The van der Waals surface area contributed by atoms with E-state index in [2.05, 4.69) is 45.0 Å². The topological polar surface area (TPSA) is 18.5 Å². The monoisotopic (exact) mass is 446 g/mol. The van der Waals surface area contributed by atoms with Crippen LogP contribution in [-0.4, -0.2) is 5.60 Å². The third-order valence-corrected chi connectivity index (χ3v) is 7.68. The van der Waals surface area contributed by atoms with Crippen LogP contribution >= 0.6 is 0 Å². The van der Waals surface area contributed by atoms with Crippen molar-refractivity contribution < 1.29 is 42.5 Å². The minimum atomic E-state index is -0.281. The number of hydrogen-bond donors (Lipinski definition) is 0. The minimum absolute atomic E-state index is 0. The largest absolute Gasteiger partial charge is 0.312 e. The maximum Gasteiger partial charge on any atom is 0.158 e.